The van der Waals surface area contributed by atoms with E-state index in [1.807, 2.05) is 12.4 Å². The third-order valence-electron chi connectivity index (χ3n) is 7.16. The molecule has 0 radical (unpaired) electrons. The lowest BCUT2D eigenvalue weighted by Crippen LogP contribution is -2.63. The maximum absolute atomic E-state index is 12.3. The van der Waals surface area contributed by atoms with Crippen LogP contribution in [-0.2, 0) is 5.60 Å². The van der Waals surface area contributed by atoms with Gasteiger partial charge in [-0.2, -0.15) is 0 Å². The number of hydrogen-bond donors (Lipinski definition) is 2. The van der Waals surface area contributed by atoms with Crippen LogP contribution >= 0.6 is 0 Å². The molecule has 0 spiro atoms. The van der Waals surface area contributed by atoms with E-state index in [0.717, 1.165) is 49.0 Å². The third kappa shape index (κ3) is 3.52. The van der Waals surface area contributed by atoms with Gasteiger partial charge in [0.1, 0.15) is 5.60 Å². The van der Waals surface area contributed by atoms with E-state index in [0.29, 0.717) is 11.8 Å². The first kappa shape index (κ1) is 20.5. The molecule has 4 heteroatoms. The Hall–Kier alpha value is -1.75. The van der Waals surface area contributed by atoms with Crippen molar-refractivity contribution in [2.75, 3.05) is 20.1 Å². The molecule has 29 heavy (non-hydrogen) atoms. The van der Waals surface area contributed by atoms with E-state index in [-0.39, 0.29) is 11.5 Å². The molecule has 0 amide bonds. The first-order chi connectivity index (χ1) is 13.7. The Balaban J connectivity index is 1.77. The van der Waals surface area contributed by atoms with Crippen LogP contribution in [0.25, 0.3) is 0 Å². The monoisotopic (exact) mass is 394 g/mol. The van der Waals surface area contributed by atoms with Crippen LogP contribution in [0, 0.1) is 5.41 Å². The number of likely N-dealkylation sites (tertiary alicyclic amines) is 1. The normalized spacial score (nSPS) is 26.3. The quantitative estimate of drug-likeness (QED) is 0.804. The van der Waals surface area contributed by atoms with Crippen LogP contribution in [0.3, 0.4) is 0 Å². The molecular formula is C25H34N2O2. The zero-order valence-electron chi connectivity index (χ0n) is 18.1. The van der Waals surface area contributed by atoms with Crippen molar-refractivity contribution in [3.8, 4) is 0 Å². The maximum atomic E-state index is 12.3. The Morgan fingerprint density at radius 2 is 1.79 bits per heavy atom. The van der Waals surface area contributed by atoms with Crippen molar-refractivity contribution in [2.24, 2.45) is 5.41 Å². The van der Waals surface area contributed by atoms with Crippen LogP contribution in [0.5, 0.6) is 0 Å². The molecule has 4 nitrogen and oxygen atoms in total. The number of pyridine rings is 1. The highest BCUT2D eigenvalue weighted by molar-refractivity contribution is 5.42. The van der Waals surface area contributed by atoms with E-state index < -0.39 is 5.60 Å². The lowest BCUT2D eigenvalue weighted by Gasteiger charge is -2.56. The van der Waals surface area contributed by atoms with Gasteiger partial charge in [-0.05, 0) is 60.9 Å². The number of aliphatic hydroxyl groups is 2. The van der Waals surface area contributed by atoms with Crippen molar-refractivity contribution in [1.82, 2.24) is 9.88 Å². The van der Waals surface area contributed by atoms with Gasteiger partial charge in [-0.25, -0.2) is 0 Å². The molecule has 3 unspecified atom stereocenters. The molecule has 2 N–H and O–H groups in total. The van der Waals surface area contributed by atoms with Crippen LogP contribution in [0.4, 0.5) is 0 Å². The number of hydrogen-bond acceptors (Lipinski definition) is 4. The highest BCUT2D eigenvalue weighted by Gasteiger charge is 2.55. The first-order valence-electron chi connectivity index (χ1n) is 10.9. The summed E-state index contributed by atoms with van der Waals surface area (Å²) in [5.41, 5.74) is 2.82. The van der Waals surface area contributed by atoms with Crippen LogP contribution in [0.2, 0.25) is 0 Å². The molecule has 1 saturated heterocycles. The molecule has 1 saturated carbocycles. The lowest BCUT2D eigenvalue weighted by molar-refractivity contribution is -0.127. The Morgan fingerprint density at radius 3 is 2.34 bits per heavy atom. The van der Waals surface area contributed by atoms with Crippen LogP contribution < -0.4 is 0 Å². The van der Waals surface area contributed by atoms with Crippen molar-refractivity contribution in [2.45, 2.75) is 63.6 Å². The van der Waals surface area contributed by atoms with E-state index in [4.69, 9.17) is 0 Å². The molecule has 4 rings (SSSR count). The molecule has 1 aromatic carbocycles. The van der Waals surface area contributed by atoms with Gasteiger partial charge in [-0.3, -0.25) is 4.98 Å². The number of nitrogens with zero attached hydrogens (tertiary/aromatic N) is 2. The minimum atomic E-state index is -1.10. The fraction of sp³-hybridized carbons (Fsp3) is 0.560. The largest absolute Gasteiger partial charge is 0.393 e. The third-order valence-corrected chi connectivity index (χ3v) is 7.16. The number of aromatic nitrogens is 1. The van der Waals surface area contributed by atoms with Crippen LogP contribution in [-0.4, -0.2) is 46.3 Å². The number of rotatable bonds is 5. The average molecular weight is 395 g/mol. The first-order valence-corrected chi connectivity index (χ1v) is 10.9. The smallest absolute Gasteiger partial charge is 0.124 e. The molecule has 2 heterocycles. The molecule has 1 aliphatic heterocycles. The van der Waals surface area contributed by atoms with Crippen LogP contribution in [0.15, 0.2) is 42.7 Å². The van der Waals surface area contributed by atoms with Gasteiger partial charge in [0.25, 0.3) is 0 Å². The number of benzene rings is 1. The van der Waals surface area contributed by atoms with Crippen molar-refractivity contribution in [1.29, 1.82) is 0 Å². The summed E-state index contributed by atoms with van der Waals surface area (Å²) < 4.78 is 0. The summed E-state index contributed by atoms with van der Waals surface area (Å²) in [6.45, 7) is 8.22. The summed E-state index contributed by atoms with van der Waals surface area (Å²) in [5, 5.41) is 22.3. The van der Waals surface area contributed by atoms with Crippen molar-refractivity contribution >= 4 is 0 Å². The molecule has 2 aliphatic rings. The van der Waals surface area contributed by atoms with Gasteiger partial charge in [0.15, 0.2) is 0 Å². The summed E-state index contributed by atoms with van der Waals surface area (Å²) >= 11 is 0. The van der Waals surface area contributed by atoms with Crippen molar-refractivity contribution in [3.05, 3.63) is 65.0 Å². The molecule has 156 valence electrons. The fourth-order valence-electron chi connectivity index (χ4n) is 5.49. The second kappa shape index (κ2) is 7.50. The fourth-order valence-corrected chi connectivity index (χ4v) is 5.49. The van der Waals surface area contributed by atoms with E-state index in [1.54, 1.807) is 0 Å². The molecule has 0 bridgehead atoms. The summed E-state index contributed by atoms with van der Waals surface area (Å²) in [6, 6.07) is 10.6. The van der Waals surface area contributed by atoms with Gasteiger partial charge in [0, 0.05) is 36.5 Å². The summed E-state index contributed by atoms with van der Waals surface area (Å²) in [4.78, 5) is 6.78. The van der Waals surface area contributed by atoms with Crippen LogP contribution in [0.1, 0.15) is 74.1 Å². The van der Waals surface area contributed by atoms with Gasteiger partial charge in [-0.1, -0.05) is 45.0 Å². The van der Waals surface area contributed by atoms with Crippen molar-refractivity contribution < 1.29 is 10.2 Å². The zero-order valence-corrected chi connectivity index (χ0v) is 18.1. The van der Waals surface area contributed by atoms with Gasteiger partial charge >= 0.3 is 0 Å². The summed E-state index contributed by atoms with van der Waals surface area (Å²) in [7, 11) is 2.10. The van der Waals surface area contributed by atoms with E-state index >= 15 is 0 Å². The Labute approximate surface area is 174 Å². The van der Waals surface area contributed by atoms with Gasteiger partial charge < -0.3 is 15.1 Å². The second-order valence-corrected chi connectivity index (χ2v) is 9.89. The summed E-state index contributed by atoms with van der Waals surface area (Å²) in [6.07, 6.45) is 6.13. The Bertz CT molecular complexity index is 857. The van der Waals surface area contributed by atoms with Crippen molar-refractivity contribution in [3.63, 3.8) is 0 Å². The van der Waals surface area contributed by atoms with Gasteiger partial charge in [0.2, 0.25) is 0 Å². The predicted molar refractivity (Wildman–Crippen MR) is 116 cm³/mol. The molecule has 2 aromatic rings. The highest BCUT2D eigenvalue weighted by atomic mass is 16.3. The van der Waals surface area contributed by atoms with Gasteiger partial charge in [-0.15, -0.1) is 0 Å². The minimum absolute atomic E-state index is 0.219. The lowest BCUT2D eigenvalue weighted by atomic mass is 9.62. The van der Waals surface area contributed by atoms with E-state index in [9.17, 15) is 10.2 Å². The average Bonchev–Trinajstić information content (AvgIpc) is 3.13. The molecule has 1 aromatic heterocycles. The standard InChI is InChI=1S/C25H34N2O2/c1-17(2)18-5-8-21(9-6-18)25(29,24(3)15-27(4)16-24)22-11-20(13-26-14-22)19-7-10-23(28)12-19/h5-6,8-9,11,13-14,17,19,23,28-29H,7,10,12,15-16H2,1-4H3. The van der Waals surface area contributed by atoms with E-state index in [1.165, 1.54) is 5.56 Å². The minimum Gasteiger partial charge on any atom is -0.393 e. The SMILES string of the molecule is CC(C)c1ccc(C(O)(c2cncc(C3CCC(O)C3)c2)C2(C)CN(C)C2)cc1. The second-order valence-electron chi connectivity index (χ2n) is 9.89. The molecule has 2 fully saturated rings. The molecule has 1 aliphatic carbocycles. The Kier molecular flexibility index (Phi) is 5.30. The molecular weight excluding hydrogens is 360 g/mol. The Morgan fingerprint density at radius 1 is 1.10 bits per heavy atom. The van der Waals surface area contributed by atoms with E-state index in [2.05, 4.69) is 68.0 Å². The highest BCUT2D eigenvalue weighted by Crippen LogP contribution is 2.50. The van der Waals surface area contributed by atoms with Gasteiger partial charge in [0.05, 0.1) is 6.10 Å². The predicted octanol–water partition coefficient (Wildman–Crippen LogP) is 4.02. The molecule has 3 atom stereocenters. The zero-order chi connectivity index (χ0) is 20.8. The number of aliphatic hydroxyl groups excluding tert-OH is 1. The topological polar surface area (TPSA) is 56.6 Å². The summed E-state index contributed by atoms with van der Waals surface area (Å²) in [5.74, 6) is 0.781. The maximum Gasteiger partial charge on any atom is 0.124 e.